The Balaban J connectivity index is 3.80. The van der Waals surface area contributed by atoms with Crippen LogP contribution in [0.15, 0.2) is 0 Å². The SMILES string of the molecule is CCOC(C)(CCCN)OCC. The van der Waals surface area contributed by atoms with Crippen LogP contribution in [0.3, 0.4) is 0 Å². The van der Waals surface area contributed by atoms with Crippen molar-refractivity contribution in [2.45, 2.75) is 39.4 Å². The summed E-state index contributed by atoms with van der Waals surface area (Å²) >= 11 is 0. The summed E-state index contributed by atoms with van der Waals surface area (Å²) in [5.41, 5.74) is 5.42. The highest BCUT2D eigenvalue weighted by Gasteiger charge is 2.23. The molecular weight excluding hydrogens is 154 g/mol. The molecule has 0 aliphatic carbocycles. The predicted molar refractivity (Wildman–Crippen MR) is 49.9 cm³/mol. The second kappa shape index (κ2) is 6.40. The topological polar surface area (TPSA) is 44.5 Å². The lowest BCUT2D eigenvalue weighted by Crippen LogP contribution is -2.33. The first-order chi connectivity index (χ1) is 5.68. The van der Waals surface area contributed by atoms with Crippen LogP contribution >= 0.6 is 0 Å². The van der Waals surface area contributed by atoms with Crippen LogP contribution in [0.2, 0.25) is 0 Å². The summed E-state index contributed by atoms with van der Waals surface area (Å²) in [5.74, 6) is -0.428. The lowest BCUT2D eigenvalue weighted by Gasteiger charge is -2.29. The van der Waals surface area contributed by atoms with Gasteiger partial charge in [0.2, 0.25) is 0 Å². The molecule has 0 rings (SSSR count). The minimum atomic E-state index is -0.428. The first kappa shape index (κ1) is 11.9. The van der Waals surface area contributed by atoms with Crippen molar-refractivity contribution in [1.82, 2.24) is 0 Å². The highest BCUT2D eigenvalue weighted by atomic mass is 16.7. The number of ether oxygens (including phenoxy) is 2. The summed E-state index contributed by atoms with van der Waals surface area (Å²) in [7, 11) is 0. The highest BCUT2D eigenvalue weighted by molar-refractivity contribution is 4.63. The van der Waals surface area contributed by atoms with Gasteiger partial charge in [0, 0.05) is 19.6 Å². The molecule has 0 spiro atoms. The average Bonchev–Trinajstić information content (AvgIpc) is 2.02. The molecule has 0 aromatic rings. The zero-order valence-corrected chi connectivity index (χ0v) is 8.43. The van der Waals surface area contributed by atoms with Crippen molar-refractivity contribution in [2.24, 2.45) is 5.73 Å². The van der Waals surface area contributed by atoms with E-state index in [9.17, 15) is 0 Å². The first-order valence-corrected chi connectivity index (χ1v) is 4.66. The Labute approximate surface area is 75.2 Å². The van der Waals surface area contributed by atoms with Crippen LogP contribution in [0.1, 0.15) is 33.6 Å². The quantitative estimate of drug-likeness (QED) is 0.596. The molecule has 0 bridgehead atoms. The lowest BCUT2D eigenvalue weighted by atomic mass is 10.1. The van der Waals surface area contributed by atoms with Gasteiger partial charge in [-0.3, -0.25) is 0 Å². The van der Waals surface area contributed by atoms with Gasteiger partial charge in [-0.1, -0.05) is 0 Å². The molecule has 12 heavy (non-hydrogen) atoms. The van der Waals surface area contributed by atoms with Crippen molar-refractivity contribution in [2.75, 3.05) is 19.8 Å². The standard InChI is InChI=1S/C9H21NO2/c1-4-11-9(3,12-5-2)7-6-8-10/h4-8,10H2,1-3H3. The molecule has 0 saturated carbocycles. The van der Waals surface area contributed by atoms with Gasteiger partial charge >= 0.3 is 0 Å². The zero-order valence-electron chi connectivity index (χ0n) is 8.43. The van der Waals surface area contributed by atoms with E-state index in [2.05, 4.69) is 0 Å². The van der Waals surface area contributed by atoms with Gasteiger partial charge < -0.3 is 15.2 Å². The van der Waals surface area contributed by atoms with Gasteiger partial charge in [-0.15, -0.1) is 0 Å². The summed E-state index contributed by atoms with van der Waals surface area (Å²) in [6.45, 7) is 7.97. The van der Waals surface area contributed by atoms with E-state index in [1.165, 1.54) is 0 Å². The fraction of sp³-hybridized carbons (Fsp3) is 1.00. The van der Waals surface area contributed by atoms with Crippen molar-refractivity contribution in [1.29, 1.82) is 0 Å². The van der Waals surface area contributed by atoms with Gasteiger partial charge in [-0.25, -0.2) is 0 Å². The molecule has 3 nitrogen and oxygen atoms in total. The number of hydrogen-bond donors (Lipinski definition) is 1. The molecule has 0 saturated heterocycles. The third-order valence-corrected chi connectivity index (χ3v) is 1.73. The van der Waals surface area contributed by atoms with Crippen molar-refractivity contribution < 1.29 is 9.47 Å². The summed E-state index contributed by atoms with van der Waals surface area (Å²) in [4.78, 5) is 0. The Kier molecular flexibility index (Phi) is 6.34. The summed E-state index contributed by atoms with van der Waals surface area (Å²) in [6, 6.07) is 0. The van der Waals surface area contributed by atoms with Crippen LogP contribution in [0.4, 0.5) is 0 Å². The van der Waals surface area contributed by atoms with Crippen LogP contribution in [0.25, 0.3) is 0 Å². The minimum absolute atomic E-state index is 0.428. The molecule has 74 valence electrons. The van der Waals surface area contributed by atoms with Crippen LogP contribution < -0.4 is 5.73 Å². The molecule has 0 aliphatic rings. The molecule has 0 aromatic heterocycles. The van der Waals surface area contributed by atoms with Gasteiger partial charge in [0.1, 0.15) is 0 Å². The molecule has 0 amide bonds. The summed E-state index contributed by atoms with van der Waals surface area (Å²) < 4.78 is 11.0. The van der Waals surface area contributed by atoms with Crippen LogP contribution in [-0.4, -0.2) is 25.5 Å². The first-order valence-electron chi connectivity index (χ1n) is 4.66. The molecule has 0 aliphatic heterocycles. The molecule has 2 N–H and O–H groups in total. The lowest BCUT2D eigenvalue weighted by molar-refractivity contribution is -0.224. The van der Waals surface area contributed by atoms with Crippen LogP contribution in [0, 0.1) is 0 Å². The monoisotopic (exact) mass is 175 g/mol. The maximum Gasteiger partial charge on any atom is 0.165 e. The van der Waals surface area contributed by atoms with E-state index in [0.717, 1.165) is 12.8 Å². The van der Waals surface area contributed by atoms with Gasteiger partial charge in [0.25, 0.3) is 0 Å². The van der Waals surface area contributed by atoms with E-state index >= 15 is 0 Å². The molecule has 0 atom stereocenters. The number of nitrogens with two attached hydrogens (primary N) is 1. The molecular formula is C9H21NO2. The second-order valence-corrected chi connectivity index (χ2v) is 2.89. The Morgan fingerprint density at radius 2 is 1.67 bits per heavy atom. The maximum atomic E-state index is 5.49. The Hall–Kier alpha value is -0.120. The van der Waals surface area contributed by atoms with Crippen molar-refractivity contribution in [3.8, 4) is 0 Å². The van der Waals surface area contributed by atoms with E-state index < -0.39 is 5.79 Å². The third kappa shape index (κ3) is 4.70. The van der Waals surface area contributed by atoms with E-state index in [-0.39, 0.29) is 0 Å². The average molecular weight is 175 g/mol. The van der Waals surface area contributed by atoms with Gasteiger partial charge in [0.05, 0.1) is 0 Å². The molecule has 0 heterocycles. The largest absolute Gasteiger partial charge is 0.351 e. The molecule has 0 aromatic carbocycles. The van der Waals surface area contributed by atoms with Crippen molar-refractivity contribution in [3.63, 3.8) is 0 Å². The number of hydrogen-bond acceptors (Lipinski definition) is 3. The second-order valence-electron chi connectivity index (χ2n) is 2.89. The molecule has 3 heteroatoms. The van der Waals surface area contributed by atoms with Gasteiger partial charge in [0.15, 0.2) is 5.79 Å². The zero-order chi connectivity index (χ0) is 9.45. The maximum absolute atomic E-state index is 5.49. The fourth-order valence-electron chi connectivity index (χ4n) is 1.22. The van der Waals surface area contributed by atoms with Crippen molar-refractivity contribution in [3.05, 3.63) is 0 Å². The molecule has 0 fully saturated rings. The Bertz CT molecular complexity index is 101. The van der Waals surface area contributed by atoms with E-state index in [0.29, 0.717) is 19.8 Å². The van der Waals surface area contributed by atoms with Crippen LogP contribution in [0.5, 0.6) is 0 Å². The third-order valence-electron chi connectivity index (χ3n) is 1.73. The normalized spacial score (nSPS) is 12.0. The number of rotatable bonds is 7. The Morgan fingerprint density at radius 1 is 1.17 bits per heavy atom. The van der Waals surface area contributed by atoms with Gasteiger partial charge in [-0.2, -0.15) is 0 Å². The smallest absolute Gasteiger partial charge is 0.165 e. The molecule has 0 radical (unpaired) electrons. The minimum Gasteiger partial charge on any atom is -0.351 e. The highest BCUT2D eigenvalue weighted by Crippen LogP contribution is 2.18. The van der Waals surface area contributed by atoms with Gasteiger partial charge in [-0.05, 0) is 33.7 Å². The van der Waals surface area contributed by atoms with E-state index in [4.69, 9.17) is 15.2 Å². The van der Waals surface area contributed by atoms with E-state index in [1.54, 1.807) is 0 Å². The van der Waals surface area contributed by atoms with E-state index in [1.807, 2.05) is 20.8 Å². The predicted octanol–water partition coefficient (Wildman–Crippen LogP) is 1.51. The van der Waals surface area contributed by atoms with Crippen LogP contribution in [-0.2, 0) is 9.47 Å². The van der Waals surface area contributed by atoms with Crippen molar-refractivity contribution >= 4 is 0 Å². The Morgan fingerprint density at radius 3 is 2.00 bits per heavy atom. The molecule has 0 unspecified atom stereocenters. The summed E-state index contributed by atoms with van der Waals surface area (Å²) in [5, 5.41) is 0. The fourth-order valence-corrected chi connectivity index (χ4v) is 1.22. The summed E-state index contributed by atoms with van der Waals surface area (Å²) in [6.07, 6.45) is 1.81.